The number of aromatic nitrogens is 6. The number of aliphatic hydroxyl groups is 2. The molecule has 0 bridgehead atoms. The standard InChI is InChI=1S/C50H82N16O10S2/c1-63(2,3)33-41(67)35-65(7,8)25-11-19-51-45-55-47(59-49(57-45)61-21-27-73-28-22-61)53-39-17-15-37(43(31-39)77-76-75-69)13-14-38-16-18-40(32-44(38)78(70,71)72)54-48-56-46(58-50(60-48)62-23-29-74-30-24-62)52-20-12-26-66(9,10)36-42(68)34-64(4,5)6/h13-18,31-32,41-42,67-68H,11-12,19-30,33-36H2,1-10H3,(H4-2,51,52,53,54,55,56,57,58,59,60,69,70,71,72)/q+2/p+2. The number of benzene rings is 2. The van der Waals surface area contributed by atoms with Crippen LogP contribution in [-0.4, -0.2) is 264 Å². The summed E-state index contributed by atoms with van der Waals surface area (Å²) >= 11 is 0.702. The lowest BCUT2D eigenvalue weighted by molar-refractivity contribution is -0.907. The molecule has 2 fully saturated rings. The number of morpholine rings is 2. The molecule has 8 N–H and O–H groups in total. The number of hydrogen-bond acceptors (Lipinski definition) is 22. The lowest BCUT2D eigenvalue weighted by Crippen LogP contribution is -2.51. The summed E-state index contributed by atoms with van der Waals surface area (Å²) in [6.45, 7) is 9.68. The summed E-state index contributed by atoms with van der Waals surface area (Å²) in [5.41, 5.74) is 1.53. The van der Waals surface area contributed by atoms with Crippen LogP contribution < -0.4 is 31.1 Å². The van der Waals surface area contributed by atoms with Gasteiger partial charge in [0.2, 0.25) is 35.7 Å². The van der Waals surface area contributed by atoms with Gasteiger partial charge >= 0.3 is 0 Å². The van der Waals surface area contributed by atoms with Crippen LogP contribution in [0.2, 0.25) is 0 Å². The Labute approximate surface area is 463 Å². The van der Waals surface area contributed by atoms with Gasteiger partial charge in [-0.1, -0.05) is 29.3 Å². The van der Waals surface area contributed by atoms with Crippen molar-refractivity contribution in [3.8, 4) is 0 Å². The van der Waals surface area contributed by atoms with Gasteiger partial charge in [0.05, 0.1) is 122 Å². The molecule has 2 aliphatic heterocycles. The van der Waals surface area contributed by atoms with Gasteiger partial charge in [-0.05, 0) is 35.4 Å². The van der Waals surface area contributed by atoms with E-state index in [-0.39, 0.29) is 28.0 Å². The molecule has 0 spiro atoms. The maximum Gasteiger partial charge on any atom is 0.295 e. The third-order valence-corrected chi connectivity index (χ3v) is 14.2. The van der Waals surface area contributed by atoms with Crippen molar-refractivity contribution in [3.05, 3.63) is 47.5 Å². The molecule has 0 amide bonds. The van der Waals surface area contributed by atoms with Crippen LogP contribution in [0.4, 0.5) is 47.1 Å². The van der Waals surface area contributed by atoms with Crippen molar-refractivity contribution in [3.63, 3.8) is 0 Å². The van der Waals surface area contributed by atoms with Crippen molar-refractivity contribution >= 4 is 81.4 Å². The second-order valence-corrected chi connectivity index (χ2v) is 25.2. The third-order valence-electron chi connectivity index (χ3n) is 12.6. The Kier molecular flexibility index (Phi) is 22.1. The molecule has 0 saturated carbocycles. The molecule has 6 rings (SSSR count). The van der Waals surface area contributed by atoms with Crippen molar-refractivity contribution in [2.24, 2.45) is 0 Å². The largest absolute Gasteiger partial charge is 0.382 e. The number of nitrogens with zero attached hydrogens (tertiary/aromatic N) is 12. The molecule has 2 aromatic heterocycles. The van der Waals surface area contributed by atoms with E-state index in [2.05, 4.69) is 112 Å². The lowest BCUT2D eigenvalue weighted by Gasteiger charge is -2.34. The molecule has 4 heterocycles. The van der Waals surface area contributed by atoms with E-state index >= 15 is 0 Å². The molecule has 28 heteroatoms. The fourth-order valence-electron chi connectivity index (χ4n) is 9.21. The first kappa shape index (κ1) is 62.0. The van der Waals surface area contributed by atoms with Crippen LogP contribution >= 0.6 is 12.0 Å². The predicted octanol–water partition coefficient (Wildman–Crippen LogP) is 2.95. The molecular formula is C50H84N16O10S2+4. The van der Waals surface area contributed by atoms with E-state index in [1.54, 1.807) is 30.3 Å². The molecule has 0 radical (unpaired) electrons. The van der Waals surface area contributed by atoms with Crippen LogP contribution in [0.1, 0.15) is 24.0 Å². The van der Waals surface area contributed by atoms with Crippen molar-refractivity contribution in [1.29, 1.82) is 0 Å². The average Bonchev–Trinajstić information content (AvgIpc) is 3.34. The minimum atomic E-state index is -4.77. The zero-order valence-electron chi connectivity index (χ0n) is 46.9. The summed E-state index contributed by atoms with van der Waals surface area (Å²) in [6.07, 6.45) is 3.84. The molecule has 2 aliphatic rings. The van der Waals surface area contributed by atoms with Crippen LogP contribution in [0.5, 0.6) is 0 Å². The average molecular weight is 1130 g/mol. The number of hydrogen-bond donors (Lipinski definition) is 8. The number of likely N-dealkylation sites (N-methyl/N-ethyl adjacent to an activating group) is 4. The van der Waals surface area contributed by atoms with Gasteiger partial charge in [-0.2, -0.15) is 38.3 Å². The Morgan fingerprint density at radius 2 is 1.05 bits per heavy atom. The Morgan fingerprint density at radius 3 is 1.49 bits per heavy atom. The smallest absolute Gasteiger partial charge is 0.295 e. The molecular weight excluding hydrogens is 1050 g/mol. The van der Waals surface area contributed by atoms with Crippen LogP contribution in [0, 0.1) is 0 Å². The zero-order chi connectivity index (χ0) is 56.7. The predicted molar refractivity (Wildman–Crippen MR) is 302 cm³/mol. The summed E-state index contributed by atoms with van der Waals surface area (Å²) in [5, 5.41) is 47.6. The molecule has 4 aromatic rings. The fourth-order valence-corrected chi connectivity index (χ4v) is 10.4. The van der Waals surface area contributed by atoms with Crippen molar-refractivity contribution in [1.82, 2.24) is 29.9 Å². The maximum absolute atomic E-state index is 13.0. The normalized spacial score (nSPS) is 15.9. The van der Waals surface area contributed by atoms with Crippen molar-refractivity contribution in [2.75, 3.05) is 207 Å². The number of quaternary nitrogens is 4. The molecule has 2 saturated heterocycles. The Morgan fingerprint density at radius 1 is 0.628 bits per heavy atom. The monoisotopic (exact) mass is 1130 g/mol. The van der Waals surface area contributed by atoms with Gasteiger partial charge in [-0.25, -0.2) is 5.26 Å². The first-order chi connectivity index (χ1) is 36.7. The molecule has 26 nitrogen and oxygen atoms in total. The van der Waals surface area contributed by atoms with Gasteiger partial charge in [-0.3, -0.25) is 4.55 Å². The molecule has 78 heavy (non-hydrogen) atoms. The van der Waals surface area contributed by atoms with E-state index in [0.717, 1.165) is 25.9 Å². The zero-order valence-corrected chi connectivity index (χ0v) is 48.6. The van der Waals surface area contributed by atoms with Crippen LogP contribution in [0.15, 0.2) is 46.2 Å². The van der Waals surface area contributed by atoms with E-state index in [1.165, 1.54) is 18.2 Å². The second-order valence-electron chi connectivity index (χ2n) is 23.1. The van der Waals surface area contributed by atoms with Crippen LogP contribution in [0.3, 0.4) is 0 Å². The van der Waals surface area contributed by atoms with Crippen molar-refractivity contribution < 1.29 is 65.2 Å². The highest BCUT2D eigenvalue weighted by molar-refractivity contribution is 7.94. The number of rotatable bonds is 30. The number of ether oxygens (including phenoxy) is 2. The van der Waals surface area contributed by atoms with E-state index in [1.807, 2.05) is 9.80 Å². The van der Waals surface area contributed by atoms with Crippen LogP contribution in [0.25, 0.3) is 12.2 Å². The molecule has 2 unspecified atom stereocenters. The van der Waals surface area contributed by atoms with E-state index < -0.39 is 22.3 Å². The van der Waals surface area contributed by atoms with Crippen molar-refractivity contribution in [2.45, 2.75) is 34.8 Å². The first-order valence-electron chi connectivity index (χ1n) is 26.1. The summed E-state index contributed by atoms with van der Waals surface area (Å²) < 4.78 is 55.1. The summed E-state index contributed by atoms with van der Waals surface area (Å²) in [7, 11) is 16.0. The second kappa shape index (κ2) is 27.8. The Hall–Kier alpha value is -5.18. The Balaban J connectivity index is 1.17. The topological polar surface area (TPSA) is 284 Å². The number of anilines is 8. The number of nitrogens with one attached hydrogen (secondary N) is 4. The quantitative estimate of drug-likeness (QED) is 0.00709. The summed E-state index contributed by atoms with van der Waals surface area (Å²) in [6, 6.07) is 9.68. The van der Waals surface area contributed by atoms with E-state index in [9.17, 15) is 23.2 Å². The maximum atomic E-state index is 13.0. The fraction of sp³-hybridized carbons (Fsp3) is 0.600. The first-order valence-corrected chi connectivity index (χ1v) is 28.3. The van der Waals surface area contributed by atoms with Gasteiger partial charge in [-0.15, -0.1) is 4.33 Å². The minimum absolute atomic E-state index is 0.153. The van der Waals surface area contributed by atoms with Gasteiger partial charge < -0.3 is 68.7 Å². The van der Waals surface area contributed by atoms with Crippen LogP contribution in [-0.2, 0) is 29.0 Å². The van der Waals surface area contributed by atoms with Gasteiger partial charge in [0.25, 0.3) is 10.1 Å². The highest BCUT2D eigenvalue weighted by Crippen LogP contribution is 2.32. The highest BCUT2D eigenvalue weighted by Gasteiger charge is 2.27. The Bertz CT molecular complexity index is 2700. The van der Waals surface area contributed by atoms with E-state index in [0.29, 0.717) is 162 Å². The number of aliphatic hydroxyl groups excluding tert-OH is 2. The van der Waals surface area contributed by atoms with Gasteiger partial charge in [0.1, 0.15) is 31.1 Å². The molecule has 0 aliphatic carbocycles. The van der Waals surface area contributed by atoms with E-state index in [4.69, 9.17) is 34.0 Å². The minimum Gasteiger partial charge on any atom is -0.382 e. The summed E-state index contributed by atoms with van der Waals surface area (Å²) in [5.74, 6) is 2.00. The molecule has 2 atom stereocenters. The SMILES string of the molecule is C[N+](C)(C)CC(O)C[N+](C)(C)CCCNc1nc(Nc2ccc(C=Cc3ccc(Nc4nc(NCCC[N+](C)(C)CC(O)C[N+](C)(C)C)nc(N5CCOCC5)n4)cc3S(=O)(=O)O)c(SOOO)c2)nc(N2CCOCC2)n1. The van der Waals surface area contributed by atoms with Gasteiger partial charge in [0.15, 0.2) is 12.2 Å². The molecule has 432 valence electrons. The lowest BCUT2D eigenvalue weighted by atomic mass is 10.1. The molecule has 2 aromatic carbocycles. The third kappa shape index (κ3) is 21.1. The summed E-state index contributed by atoms with van der Waals surface area (Å²) in [4.78, 5) is 32.2. The van der Waals surface area contributed by atoms with Gasteiger partial charge in [0, 0.05) is 68.4 Å². The highest BCUT2D eigenvalue weighted by atomic mass is 32.2.